The first-order valence-electron chi connectivity index (χ1n) is 3.84. The molecule has 0 saturated heterocycles. The molecule has 0 saturated carbocycles. The highest BCUT2D eigenvalue weighted by Gasteiger charge is 2.10. The monoisotopic (exact) mass is 208 g/mol. The molecule has 4 nitrogen and oxygen atoms in total. The van der Waals surface area contributed by atoms with Gasteiger partial charge in [-0.05, 0) is 6.92 Å². The first-order chi connectivity index (χ1) is 6.06. The average molecular weight is 209 g/mol. The molecule has 0 bridgehead atoms. The van der Waals surface area contributed by atoms with Gasteiger partial charge < -0.3 is 9.47 Å². The van der Waals surface area contributed by atoms with Crippen LogP contribution < -0.4 is 0 Å². The Hall–Kier alpha value is -0.610. The largest absolute Gasteiger partial charge is 0.464 e. The fourth-order valence-electron chi connectivity index (χ4n) is 0.667. The fraction of sp³-hybridized carbons (Fsp3) is 0.750. The summed E-state index contributed by atoms with van der Waals surface area (Å²) in [5, 5.41) is -0.360. The van der Waals surface area contributed by atoms with Crippen LogP contribution in [0.25, 0.3) is 0 Å². The lowest BCUT2D eigenvalue weighted by Gasteiger charge is -2.08. The summed E-state index contributed by atoms with van der Waals surface area (Å²) in [6.45, 7) is 1.71. The van der Waals surface area contributed by atoms with E-state index in [4.69, 9.17) is 21.1 Å². The number of carbonyl (C=O) groups is 2. The molecule has 76 valence electrons. The van der Waals surface area contributed by atoms with Gasteiger partial charge >= 0.3 is 5.97 Å². The third-order valence-electron chi connectivity index (χ3n) is 1.17. The van der Waals surface area contributed by atoms with Gasteiger partial charge in [-0.15, -0.1) is 11.6 Å². The topological polar surface area (TPSA) is 52.6 Å². The number of halogens is 1. The van der Waals surface area contributed by atoms with E-state index in [0.717, 1.165) is 0 Å². The molecule has 0 N–H and O–H groups in total. The minimum Gasteiger partial charge on any atom is -0.464 e. The number of carbonyl (C=O) groups excluding carboxylic acids is 2. The van der Waals surface area contributed by atoms with Crippen molar-refractivity contribution in [3.8, 4) is 0 Å². The lowest BCUT2D eigenvalue weighted by Crippen LogP contribution is -2.19. The number of hydrogen-bond donors (Lipinski definition) is 0. The van der Waals surface area contributed by atoms with Crippen molar-refractivity contribution in [3.63, 3.8) is 0 Å². The van der Waals surface area contributed by atoms with Gasteiger partial charge in [0.05, 0.1) is 12.0 Å². The molecule has 1 atom stereocenters. The Morgan fingerprint density at radius 2 is 2.00 bits per heavy atom. The van der Waals surface area contributed by atoms with Crippen LogP contribution in [0.3, 0.4) is 0 Å². The van der Waals surface area contributed by atoms with Gasteiger partial charge in [-0.25, -0.2) is 0 Å². The van der Waals surface area contributed by atoms with Crippen LogP contribution in [-0.2, 0) is 19.1 Å². The Bertz CT molecular complexity index is 181. The first kappa shape index (κ1) is 12.4. The molecule has 1 unspecified atom stereocenters. The number of ketones is 1. The second-order valence-electron chi connectivity index (χ2n) is 2.61. The zero-order chi connectivity index (χ0) is 10.3. The van der Waals surface area contributed by atoms with E-state index in [9.17, 15) is 9.59 Å². The number of Topliss-reactive ketones (excluding diaryl/α,β-unsaturated/α-hetero) is 1. The third kappa shape index (κ3) is 7.74. The maximum absolute atomic E-state index is 10.8. The van der Waals surface area contributed by atoms with Crippen LogP contribution in [0.15, 0.2) is 0 Å². The highest BCUT2D eigenvalue weighted by Crippen LogP contribution is 1.98. The summed E-state index contributed by atoms with van der Waals surface area (Å²) in [6.07, 6.45) is -0.198. The molecular formula is C8H13ClO4. The van der Waals surface area contributed by atoms with Crippen molar-refractivity contribution in [2.75, 3.05) is 20.3 Å². The highest BCUT2D eigenvalue weighted by molar-refractivity contribution is 6.20. The number of ether oxygens (including phenoxy) is 2. The normalized spacial score (nSPS) is 12.2. The number of rotatable bonds is 6. The summed E-state index contributed by atoms with van der Waals surface area (Å²) in [6, 6.07) is 0. The van der Waals surface area contributed by atoms with Gasteiger partial charge in [-0.3, -0.25) is 9.59 Å². The number of methoxy groups -OCH3 is 1. The molecule has 0 aliphatic rings. The first-order valence-corrected chi connectivity index (χ1v) is 4.28. The Morgan fingerprint density at radius 1 is 1.38 bits per heavy atom. The molecule has 0 aromatic rings. The van der Waals surface area contributed by atoms with Crippen molar-refractivity contribution in [2.24, 2.45) is 0 Å². The lowest BCUT2D eigenvalue weighted by atomic mass is 10.3. The van der Waals surface area contributed by atoms with Gasteiger partial charge in [0.2, 0.25) is 0 Å². The zero-order valence-electron chi connectivity index (χ0n) is 7.71. The predicted octanol–water partition coefficient (Wildman–Crippen LogP) is 0.762. The van der Waals surface area contributed by atoms with E-state index < -0.39 is 5.97 Å². The molecule has 5 heteroatoms. The zero-order valence-corrected chi connectivity index (χ0v) is 8.47. The Labute approximate surface area is 82.1 Å². The maximum atomic E-state index is 10.8. The molecule has 0 rings (SSSR count). The van der Waals surface area contributed by atoms with Crippen LogP contribution in [0.4, 0.5) is 0 Å². The van der Waals surface area contributed by atoms with Crippen molar-refractivity contribution < 1.29 is 19.1 Å². The SMILES string of the molecule is COCC(Cl)COC(=O)CC(C)=O. The second kappa shape index (κ2) is 6.86. The summed E-state index contributed by atoms with van der Waals surface area (Å²) in [5.74, 6) is -0.767. The van der Waals surface area contributed by atoms with Crippen molar-refractivity contribution >= 4 is 23.4 Å². The summed E-state index contributed by atoms with van der Waals surface area (Å²) < 4.78 is 9.42. The molecule has 0 fully saturated rings. The average Bonchev–Trinajstić information content (AvgIpc) is 2.00. The van der Waals surface area contributed by atoms with Gasteiger partial charge in [0.1, 0.15) is 18.8 Å². The summed E-state index contributed by atoms with van der Waals surface area (Å²) in [7, 11) is 1.51. The van der Waals surface area contributed by atoms with E-state index >= 15 is 0 Å². The smallest absolute Gasteiger partial charge is 0.313 e. The fourth-order valence-corrected chi connectivity index (χ4v) is 0.856. The molecule has 0 aromatic heterocycles. The van der Waals surface area contributed by atoms with E-state index in [1.165, 1.54) is 14.0 Å². The van der Waals surface area contributed by atoms with Crippen molar-refractivity contribution in [3.05, 3.63) is 0 Å². The Morgan fingerprint density at radius 3 is 2.46 bits per heavy atom. The van der Waals surface area contributed by atoms with Crippen LogP contribution in [-0.4, -0.2) is 37.5 Å². The van der Waals surface area contributed by atoms with E-state index in [1.54, 1.807) is 0 Å². The summed E-state index contributed by atoms with van der Waals surface area (Å²) in [4.78, 5) is 21.3. The second-order valence-corrected chi connectivity index (χ2v) is 3.23. The molecule has 0 radical (unpaired) electrons. The molecule has 0 aliphatic carbocycles. The van der Waals surface area contributed by atoms with E-state index in [2.05, 4.69) is 0 Å². The summed E-state index contributed by atoms with van der Waals surface area (Å²) >= 11 is 5.67. The van der Waals surface area contributed by atoms with Crippen LogP contribution in [0.1, 0.15) is 13.3 Å². The minimum atomic E-state index is -0.547. The third-order valence-corrected chi connectivity index (χ3v) is 1.42. The van der Waals surface area contributed by atoms with E-state index in [-0.39, 0.29) is 24.2 Å². The van der Waals surface area contributed by atoms with Gasteiger partial charge in [0.15, 0.2) is 0 Å². The van der Waals surface area contributed by atoms with Crippen molar-refractivity contribution in [1.29, 1.82) is 0 Å². The van der Waals surface area contributed by atoms with E-state index in [1.807, 2.05) is 0 Å². The molecule has 0 heterocycles. The Balaban J connectivity index is 3.51. The van der Waals surface area contributed by atoms with E-state index in [0.29, 0.717) is 6.61 Å². The van der Waals surface area contributed by atoms with Crippen molar-refractivity contribution in [1.82, 2.24) is 0 Å². The molecule has 0 aromatic carbocycles. The van der Waals surface area contributed by atoms with Crippen LogP contribution in [0.5, 0.6) is 0 Å². The molecule has 13 heavy (non-hydrogen) atoms. The molecule has 0 amide bonds. The number of esters is 1. The predicted molar refractivity (Wildman–Crippen MR) is 47.8 cm³/mol. The van der Waals surface area contributed by atoms with Gasteiger partial charge in [-0.2, -0.15) is 0 Å². The van der Waals surface area contributed by atoms with Gasteiger partial charge in [-0.1, -0.05) is 0 Å². The standard InChI is InChI=1S/C8H13ClO4/c1-6(10)3-8(11)13-5-7(9)4-12-2/h7H,3-5H2,1-2H3. The number of hydrogen-bond acceptors (Lipinski definition) is 4. The maximum Gasteiger partial charge on any atom is 0.313 e. The molecule has 0 spiro atoms. The van der Waals surface area contributed by atoms with Crippen LogP contribution in [0, 0.1) is 0 Å². The molecule has 0 aliphatic heterocycles. The van der Waals surface area contributed by atoms with Crippen LogP contribution >= 0.6 is 11.6 Å². The van der Waals surface area contributed by atoms with Crippen LogP contribution in [0.2, 0.25) is 0 Å². The number of alkyl halides is 1. The molecular weight excluding hydrogens is 196 g/mol. The quantitative estimate of drug-likeness (QED) is 0.368. The highest BCUT2D eigenvalue weighted by atomic mass is 35.5. The lowest BCUT2D eigenvalue weighted by molar-refractivity contribution is -0.145. The Kier molecular flexibility index (Phi) is 6.54. The minimum absolute atomic E-state index is 0.0709. The van der Waals surface area contributed by atoms with Gasteiger partial charge in [0, 0.05) is 7.11 Å². The van der Waals surface area contributed by atoms with Gasteiger partial charge in [0.25, 0.3) is 0 Å². The van der Waals surface area contributed by atoms with Crippen molar-refractivity contribution in [2.45, 2.75) is 18.7 Å². The summed E-state index contributed by atoms with van der Waals surface area (Å²) in [5.41, 5.74) is 0.